The predicted octanol–water partition coefficient (Wildman–Crippen LogP) is 3.04. The Morgan fingerprint density at radius 2 is 2.00 bits per heavy atom. The summed E-state index contributed by atoms with van der Waals surface area (Å²) in [6, 6.07) is 7.11. The molecule has 14 heavy (non-hydrogen) atoms. The van der Waals surface area contributed by atoms with Crippen LogP contribution in [0.15, 0.2) is 43.2 Å². The zero-order valence-electron chi connectivity index (χ0n) is 7.44. The van der Waals surface area contributed by atoms with E-state index < -0.39 is 5.97 Å². The molecule has 0 fully saturated rings. The monoisotopic (exact) mass is 208 g/mol. The molecule has 72 valence electrons. The molecule has 0 radical (unpaired) electrons. The molecule has 0 N–H and O–H groups in total. The van der Waals surface area contributed by atoms with E-state index in [0.29, 0.717) is 5.02 Å². The minimum Gasteiger partial charge on any atom is -0.432 e. The molecule has 0 saturated carbocycles. The molecule has 2 nitrogen and oxygen atoms in total. The number of benzene rings is 1. The van der Waals surface area contributed by atoms with Crippen LogP contribution in [0, 0.1) is 0 Å². The highest BCUT2D eigenvalue weighted by atomic mass is 35.5. The van der Waals surface area contributed by atoms with Crippen molar-refractivity contribution in [2.75, 3.05) is 0 Å². The van der Waals surface area contributed by atoms with E-state index in [1.165, 1.54) is 6.08 Å². The molecule has 0 aromatic heterocycles. The number of carbonyl (C=O) groups is 1. The van der Waals surface area contributed by atoms with Gasteiger partial charge in [-0.3, -0.25) is 0 Å². The van der Waals surface area contributed by atoms with E-state index in [-0.39, 0.29) is 0 Å². The second-order valence-corrected chi connectivity index (χ2v) is 2.92. The number of rotatable bonds is 3. The third-order valence-electron chi connectivity index (χ3n) is 1.48. The first kappa shape index (κ1) is 10.5. The summed E-state index contributed by atoms with van der Waals surface area (Å²) in [4.78, 5) is 10.9. The normalized spacial score (nSPS) is 10.1. The van der Waals surface area contributed by atoms with Gasteiger partial charge in [0.15, 0.2) is 0 Å². The van der Waals surface area contributed by atoms with Gasteiger partial charge in [0.2, 0.25) is 0 Å². The third-order valence-corrected chi connectivity index (χ3v) is 1.73. The van der Waals surface area contributed by atoms with Crippen LogP contribution in [0.3, 0.4) is 0 Å². The van der Waals surface area contributed by atoms with E-state index in [4.69, 9.17) is 11.6 Å². The Labute approximate surface area is 87.5 Å². The summed E-state index contributed by atoms with van der Waals surface area (Å²) in [6.07, 6.45) is 4.06. The van der Waals surface area contributed by atoms with Crippen molar-refractivity contribution in [3.63, 3.8) is 0 Å². The fourth-order valence-electron chi connectivity index (χ4n) is 0.860. The summed E-state index contributed by atoms with van der Waals surface area (Å²) in [5.74, 6) is -0.449. The van der Waals surface area contributed by atoms with E-state index in [1.807, 2.05) is 0 Å². The van der Waals surface area contributed by atoms with E-state index in [0.717, 1.165) is 11.8 Å². The van der Waals surface area contributed by atoms with Gasteiger partial charge in [-0.25, -0.2) is 4.79 Å². The van der Waals surface area contributed by atoms with Gasteiger partial charge in [0.25, 0.3) is 0 Å². The number of halogens is 1. The smallest absolute Gasteiger partial charge is 0.335 e. The van der Waals surface area contributed by atoms with Crippen LogP contribution in [0.2, 0.25) is 5.02 Å². The summed E-state index contributed by atoms with van der Waals surface area (Å²) >= 11 is 5.70. The Kier molecular flexibility index (Phi) is 3.95. The van der Waals surface area contributed by atoms with Gasteiger partial charge in [0.05, 0.1) is 6.26 Å². The number of esters is 1. The highest BCUT2D eigenvalue weighted by molar-refractivity contribution is 6.30. The van der Waals surface area contributed by atoms with Crippen LogP contribution < -0.4 is 0 Å². The second-order valence-electron chi connectivity index (χ2n) is 2.49. The average Bonchev–Trinajstić information content (AvgIpc) is 2.17. The first-order chi connectivity index (χ1) is 6.72. The SMILES string of the molecule is C=COC(=O)C=Cc1ccc(Cl)cc1. The summed E-state index contributed by atoms with van der Waals surface area (Å²) in [5.41, 5.74) is 0.885. The predicted molar refractivity (Wildman–Crippen MR) is 56.8 cm³/mol. The van der Waals surface area contributed by atoms with Gasteiger partial charge in [-0.2, -0.15) is 0 Å². The third kappa shape index (κ3) is 3.46. The number of hydrogen-bond donors (Lipinski definition) is 0. The van der Waals surface area contributed by atoms with Crippen molar-refractivity contribution in [1.29, 1.82) is 0 Å². The Balaban J connectivity index is 2.64. The molecule has 0 spiro atoms. The van der Waals surface area contributed by atoms with Crippen molar-refractivity contribution < 1.29 is 9.53 Å². The lowest BCUT2D eigenvalue weighted by Gasteiger charge is -1.93. The number of ether oxygens (including phenoxy) is 1. The highest BCUT2D eigenvalue weighted by Gasteiger charge is 1.92. The van der Waals surface area contributed by atoms with Crippen LogP contribution >= 0.6 is 11.6 Å². The topological polar surface area (TPSA) is 26.3 Å². The fourth-order valence-corrected chi connectivity index (χ4v) is 0.986. The summed E-state index contributed by atoms with van der Waals surface area (Å²) in [6.45, 7) is 3.27. The fraction of sp³-hybridized carbons (Fsp3) is 0. The summed E-state index contributed by atoms with van der Waals surface area (Å²) < 4.78 is 4.50. The van der Waals surface area contributed by atoms with Crippen LogP contribution in [-0.2, 0) is 9.53 Å². The van der Waals surface area contributed by atoms with E-state index in [2.05, 4.69) is 11.3 Å². The largest absolute Gasteiger partial charge is 0.432 e. The van der Waals surface area contributed by atoms with Gasteiger partial charge in [0.1, 0.15) is 0 Å². The summed E-state index contributed by atoms with van der Waals surface area (Å²) in [7, 11) is 0. The minimum absolute atomic E-state index is 0.449. The van der Waals surface area contributed by atoms with Crippen LogP contribution in [0.5, 0.6) is 0 Å². The summed E-state index contributed by atoms with van der Waals surface area (Å²) in [5, 5.41) is 0.663. The molecule has 0 aliphatic carbocycles. The quantitative estimate of drug-likeness (QED) is 0.434. The molecule has 0 heterocycles. The molecule has 0 saturated heterocycles. The zero-order valence-corrected chi connectivity index (χ0v) is 8.20. The molecule has 0 amide bonds. The molecule has 3 heteroatoms. The van der Waals surface area contributed by atoms with Gasteiger partial charge in [-0.05, 0) is 23.8 Å². The first-order valence-corrected chi connectivity index (χ1v) is 4.35. The number of hydrogen-bond acceptors (Lipinski definition) is 2. The molecule has 0 aliphatic heterocycles. The second kappa shape index (κ2) is 5.25. The Hall–Kier alpha value is -1.54. The molecule has 1 rings (SSSR count). The van der Waals surface area contributed by atoms with Crippen molar-refractivity contribution in [2.45, 2.75) is 0 Å². The maximum Gasteiger partial charge on any atom is 0.335 e. The minimum atomic E-state index is -0.449. The van der Waals surface area contributed by atoms with Crippen LogP contribution in [0.1, 0.15) is 5.56 Å². The number of carbonyl (C=O) groups excluding carboxylic acids is 1. The van der Waals surface area contributed by atoms with Crippen molar-refractivity contribution in [3.05, 3.63) is 53.8 Å². The lowest BCUT2D eigenvalue weighted by molar-refractivity contribution is -0.132. The molecule has 1 aromatic rings. The molecular formula is C11H9ClO2. The van der Waals surface area contributed by atoms with E-state index in [9.17, 15) is 4.79 Å². The first-order valence-electron chi connectivity index (χ1n) is 3.97. The maximum absolute atomic E-state index is 10.9. The average molecular weight is 209 g/mol. The standard InChI is InChI=1S/C11H9ClO2/c1-2-14-11(13)8-5-9-3-6-10(12)7-4-9/h2-8H,1H2. The Bertz CT molecular complexity index is 352. The molecule has 0 bridgehead atoms. The highest BCUT2D eigenvalue weighted by Crippen LogP contribution is 2.10. The van der Waals surface area contributed by atoms with Gasteiger partial charge >= 0.3 is 5.97 Å². The van der Waals surface area contributed by atoms with Crippen LogP contribution in [0.4, 0.5) is 0 Å². The van der Waals surface area contributed by atoms with E-state index in [1.54, 1.807) is 30.3 Å². The van der Waals surface area contributed by atoms with Gasteiger partial charge in [0, 0.05) is 11.1 Å². The van der Waals surface area contributed by atoms with Gasteiger partial charge in [-0.15, -0.1) is 0 Å². The van der Waals surface area contributed by atoms with Crippen molar-refractivity contribution in [1.82, 2.24) is 0 Å². The van der Waals surface area contributed by atoms with Crippen molar-refractivity contribution in [3.8, 4) is 0 Å². The molecule has 1 aromatic carbocycles. The molecule has 0 aliphatic rings. The Morgan fingerprint density at radius 3 is 2.57 bits per heavy atom. The lowest BCUT2D eigenvalue weighted by atomic mass is 10.2. The van der Waals surface area contributed by atoms with E-state index >= 15 is 0 Å². The zero-order chi connectivity index (χ0) is 10.4. The molecule has 0 unspecified atom stereocenters. The Morgan fingerprint density at radius 1 is 1.36 bits per heavy atom. The van der Waals surface area contributed by atoms with Crippen molar-refractivity contribution >= 4 is 23.6 Å². The van der Waals surface area contributed by atoms with Crippen LogP contribution in [-0.4, -0.2) is 5.97 Å². The molecule has 0 atom stereocenters. The van der Waals surface area contributed by atoms with Gasteiger partial charge in [-0.1, -0.05) is 30.3 Å². The van der Waals surface area contributed by atoms with Crippen molar-refractivity contribution in [2.24, 2.45) is 0 Å². The maximum atomic E-state index is 10.9. The van der Waals surface area contributed by atoms with Gasteiger partial charge < -0.3 is 4.74 Å². The van der Waals surface area contributed by atoms with Crippen LogP contribution in [0.25, 0.3) is 6.08 Å². The lowest BCUT2D eigenvalue weighted by Crippen LogP contribution is -1.92. The molecular weight excluding hydrogens is 200 g/mol.